The number of hydrogen-bond acceptors (Lipinski definition) is 2. The van der Waals surface area contributed by atoms with E-state index < -0.39 is 23.0 Å². The molecule has 1 aromatic rings. The molecule has 0 saturated carbocycles. The fourth-order valence-electron chi connectivity index (χ4n) is 1.59. The van der Waals surface area contributed by atoms with Gasteiger partial charge >= 0.3 is 6.18 Å². The predicted molar refractivity (Wildman–Crippen MR) is 70.2 cm³/mol. The van der Waals surface area contributed by atoms with Crippen LogP contribution >= 0.6 is 11.6 Å². The molecule has 2 amide bonds. The molecule has 0 unspecified atom stereocenters. The number of halogens is 4. The van der Waals surface area contributed by atoms with Gasteiger partial charge in [0.2, 0.25) is 11.8 Å². The number of carbonyl (C=O) groups excluding carboxylic acids is 2. The lowest BCUT2D eigenvalue weighted by Gasteiger charge is -2.19. The van der Waals surface area contributed by atoms with Crippen LogP contribution in [0.25, 0.3) is 6.08 Å². The van der Waals surface area contributed by atoms with Crippen LogP contribution < -0.4 is 4.90 Å². The minimum absolute atomic E-state index is 0.0280. The number of anilines is 1. The summed E-state index contributed by atoms with van der Waals surface area (Å²) < 4.78 is 37.3. The number of imide groups is 1. The highest BCUT2D eigenvalue weighted by Crippen LogP contribution is 2.32. The van der Waals surface area contributed by atoms with Crippen LogP contribution in [-0.4, -0.2) is 18.0 Å². The van der Waals surface area contributed by atoms with Crippen molar-refractivity contribution in [1.29, 1.82) is 0 Å². The number of amides is 2. The zero-order chi connectivity index (χ0) is 15.5. The summed E-state index contributed by atoms with van der Waals surface area (Å²) in [6.07, 6.45) is -4.01. The van der Waals surface area contributed by atoms with Gasteiger partial charge in [0.15, 0.2) is 0 Å². The van der Waals surface area contributed by atoms with E-state index in [0.29, 0.717) is 6.08 Å². The van der Waals surface area contributed by atoms with Crippen molar-refractivity contribution in [2.45, 2.75) is 20.0 Å². The maximum Gasteiger partial charge on any atom is 0.426 e. The molecule has 0 radical (unpaired) electrons. The Hall–Kier alpha value is -1.82. The number of alkyl halides is 3. The summed E-state index contributed by atoms with van der Waals surface area (Å²) in [5.74, 6) is -1.19. The summed E-state index contributed by atoms with van der Waals surface area (Å²) >= 11 is 5.18. The summed E-state index contributed by atoms with van der Waals surface area (Å²) in [5, 5.41) is -1.34. The number of carbonyl (C=O) groups is 2. The smallest absolute Gasteiger partial charge is 0.274 e. The summed E-state index contributed by atoms with van der Waals surface area (Å²) in [6, 6.07) is 5.69. The second kappa shape index (κ2) is 6.09. The second-order valence-corrected chi connectivity index (χ2v) is 4.33. The molecule has 0 N–H and O–H groups in total. The summed E-state index contributed by atoms with van der Waals surface area (Å²) in [6.45, 7) is 2.29. The molecular formula is C13H11ClF3NO2. The Bertz CT molecular complexity index is 553. The predicted octanol–water partition coefficient (Wildman–Crippen LogP) is 3.73. The number of allylic oxidation sites excluding steroid dienone is 1. The van der Waals surface area contributed by atoms with Crippen molar-refractivity contribution < 1.29 is 22.8 Å². The van der Waals surface area contributed by atoms with Crippen LogP contribution in [0.2, 0.25) is 0 Å². The number of hydrogen-bond donors (Lipinski definition) is 0. The van der Waals surface area contributed by atoms with Crippen LogP contribution in [0.15, 0.2) is 29.3 Å². The normalized spacial score (nSPS) is 12.2. The average molecular weight is 306 g/mol. The van der Waals surface area contributed by atoms with Gasteiger partial charge in [-0.05, 0) is 12.1 Å². The highest BCUT2D eigenvalue weighted by atomic mass is 35.5. The molecule has 0 aliphatic heterocycles. The van der Waals surface area contributed by atoms with E-state index in [1.54, 1.807) is 0 Å². The van der Waals surface area contributed by atoms with Gasteiger partial charge in [-0.15, -0.1) is 0 Å². The van der Waals surface area contributed by atoms with E-state index in [9.17, 15) is 22.8 Å². The third kappa shape index (κ3) is 3.84. The van der Waals surface area contributed by atoms with Gasteiger partial charge in [0.05, 0.1) is 5.69 Å². The lowest BCUT2D eigenvalue weighted by Crippen LogP contribution is -2.33. The maximum absolute atomic E-state index is 12.4. The van der Waals surface area contributed by atoms with E-state index in [1.807, 2.05) is 0 Å². The average Bonchev–Trinajstić information content (AvgIpc) is 2.29. The fraction of sp³-hybridized carbons (Fsp3) is 0.231. The van der Waals surface area contributed by atoms with Crippen LogP contribution in [0.4, 0.5) is 18.9 Å². The molecular weight excluding hydrogens is 295 g/mol. The van der Waals surface area contributed by atoms with Crippen LogP contribution in [0.3, 0.4) is 0 Å². The van der Waals surface area contributed by atoms with Crippen molar-refractivity contribution in [1.82, 2.24) is 0 Å². The maximum atomic E-state index is 12.4. The SMILES string of the molecule is CC(=O)N(C(C)=O)c1ccccc1C=C(Cl)C(F)(F)F. The Morgan fingerprint density at radius 1 is 1.15 bits per heavy atom. The number of benzene rings is 1. The lowest BCUT2D eigenvalue weighted by molar-refractivity contribution is -0.124. The number of rotatable bonds is 2. The highest BCUT2D eigenvalue weighted by molar-refractivity contribution is 6.32. The largest absolute Gasteiger partial charge is 0.426 e. The fourth-order valence-corrected chi connectivity index (χ4v) is 1.71. The van der Waals surface area contributed by atoms with E-state index >= 15 is 0 Å². The number of nitrogens with zero attached hydrogens (tertiary/aromatic N) is 1. The van der Waals surface area contributed by atoms with Gasteiger partial charge in [0.25, 0.3) is 0 Å². The van der Waals surface area contributed by atoms with Crippen LogP contribution in [0, 0.1) is 0 Å². The van der Waals surface area contributed by atoms with E-state index in [0.717, 1.165) is 18.7 Å². The quantitative estimate of drug-likeness (QED) is 0.835. The molecule has 1 rings (SSSR count). The number of para-hydroxylation sites is 1. The molecule has 0 atom stereocenters. The summed E-state index contributed by atoms with van der Waals surface area (Å²) in [7, 11) is 0. The Morgan fingerprint density at radius 3 is 2.10 bits per heavy atom. The molecule has 0 aliphatic carbocycles. The Labute approximate surface area is 118 Å². The molecule has 0 saturated heterocycles. The van der Waals surface area contributed by atoms with Crippen molar-refractivity contribution >= 4 is 35.2 Å². The second-order valence-electron chi connectivity index (χ2n) is 3.92. The molecule has 3 nitrogen and oxygen atoms in total. The van der Waals surface area contributed by atoms with Gasteiger partial charge in [-0.2, -0.15) is 13.2 Å². The molecule has 108 valence electrons. The molecule has 0 spiro atoms. The standard InChI is InChI=1S/C13H11ClF3NO2/c1-8(19)18(9(2)20)11-6-4-3-5-10(11)7-12(14)13(15,16)17/h3-7H,1-2H3. The summed E-state index contributed by atoms with van der Waals surface area (Å²) in [5.41, 5.74) is 0.0788. The first-order chi connectivity index (χ1) is 9.14. The van der Waals surface area contributed by atoms with Crippen molar-refractivity contribution in [3.63, 3.8) is 0 Å². The molecule has 1 aromatic carbocycles. The summed E-state index contributed by atoms with van der Waals surface area (Å²) in [4.78, 5) is 23.7. The molecule has 0 bridgehead atoms. The molecule has 0 aliphatic rings. The molecule has 0 aromatic heterocycles. The van der Waals surface area contributed by atoms with E-state index in [2.05, 4.69) is 0 Å². The molecule has 0 fully saturated rings. The Morgan fingerprint density at radius 2 is 1.65 bits per heavy atom. The van der Waals surface area contributed by atoms with Crippen molar-refractivity contribution in [3.05, 3.63) is 34.9 Å². The Balaban J connectivity index is 3.38. The zero-order valence-electron chi connectivity index (χ0n) is 10.7. The Kier molecular flexibility index (Phi) is 4.94. The van der Waals surface area contributed by atoms with Crippen LogP contribution in [0.5, 0.6) is 0 Å². The first-order valence-corrected chi connectivity index (χ1v) is 5.87. The van der Waals surface area contributed by atoms with Crippen molar-refractivity contribution in [2.24, 2.45) is 0 Å². The van der Waals surface area contributed by atoms with Crippen molar-refractivity contribution in [2.75, 3.05) is 4.90 Å². The highest BCUT2D eigenvalue weighted by Gasteiger charge is 2.32. The zero-order valence-corrected chi connectivity index (χ0v) is 11.4. The van der Waals surface area contributed by atoms with Crippen LogP contribution in [-0.2, 0) is 9.59 Å². The third-order valence-electron chi connectivity index (χ3n) is 2.36. The molecule has 20 heavy (non-hydrogen) atoms. The van der Waals surface area contributed by atoms with E-state index in [1.165, 1.54) is 24.3 Å². The lowest BCUT2D eigenvalue weighted by atomic mass is 10.1. The van der Waals surface area contributed by atoms with Gasteiger partial charge < -0.3 is 0 Å². The van der Waals surface area contributed by atoms with Gasteiger partial charge in [-0.1, -0.05) is 29.8 Å². The first-order valence-electron chi connectivity index (χ1n) is 5.49. The minimum atomic E-state index is -4.69. The van der Waals surface area contributed by atoms with Gasteiger partial charge in [-0.3, -0.25) is 14.5 Å². The van der Waals surface area contributed by atoms with Gasteiger partial charge in [0.1, 0.15) is 5.03 Å². The van der Waals surface area contributed by atoms with E-state index in [-0.39, 0.29) is 11.3 Å². The topological polar surface area (TPSA) is 37.4 Å². The molecule has 0 heterocycles. The first kappa shape index (κ1) is 16.2. The van der Waals surface area contributed by atoms with Gasteiger partial charge in [0, 0.05) is 19.4 Å². The monoisotopic (exact) mass is 305 g/mol. The van der Waals surface area contributed by atoms with Crippen molar-refractivity contribution in [3.8, 4) is 0 Å². The minimum Gasteiger partial charge on any atom is -0.274 e. The van der Waals surface area contributed by atoms with Gasteiger partial charge in [-0.25, -0.2) is 0 Å². The van der Waals surface area contributed by atoms with E-state index in [4.69, 9.17) is 11.6 Å². The third-order valence-corrected chi connectivity index (χ3v) is 2.68. The van der Waals surface area contributed by atoms with Crippen LogP contribution in [0.1, 0.15) is 19.4 Å². The molecule has 7 heteroatoms.